The van der Waals surface area contributed by atoms with Crippen molar-refractivity contribution in [2.75, 3.05) is 11.4 Å². The van der Waals surface area contributed by atoms with Crippen LogP contribution in [0.5, 0.6) is 0 Å². The maximum absolute atomic E-state index is 13.5. The van der Waals surface area contributed by atoms with Crippen LogP contribution in [-0.2, 0) is 5.41 Å². The van der Waals surface area contributed by atoms with Crippen molar-refractivity contribution in [3.8, 4) is 6.07 Å². The predicted octanol–water partition coefficient (Wildman–Crippen LogP) is 5.10. The SMILES string of the molecule is C=CCN(C(=O)n1c(=O)[nH]c2c3cc(Br)ccc3ncc21)c1ccc(C(C)(C)C#N)cc1. The third kappa shape index (κ3) is 3.61. The van der Waals surface area contributed by atoms with Crippen molar-refractivity contribution >= 4 is 49.6 Å². The number of rotatable bonds is 4. The molecule has 0 saturated heterocycles. The minimum Gasteiger partial charge on any atom is -0.304 e. The van der Waals surface area contributed by atoms with E-state index in [1.807, 2.05) is 44.2 Å². The summed E-state index contributed by atoms with van der Waals surface area (Å²) < 4.78 is 1.92. The van der Waals surface area contributed by atoms with E-state index >= 15 is 0 Å². The van der Waals surface area contributed by atoms with Gasteiger partial charge in [0.25, 0.3) is 0 Å². The summed E-state index contributed by atoms with van der Waals surface area (Å²) in [5.74, 6) is 0. The van der Waals surface area contributed by atoms with Gasteiger partial charge in [0.15, 0.2) is 0 Å². The van der Waals surface area contributed by atoms with Crippen LogP contribution in [0.25, 0.3) is 21.9 Å². The minimum atomic E-state index is -0.652. The van der Waals surface area contributed by atoms with E-state index in [0.29, 0.717) is 22.2 Å². The van der Waals surface area contributed by atoms with E-state index in [-0.39, 0.29) is 6.54 Å². The zero-order chi connectivity index (χ0) is 23.0. The summed E-state index contributed by atoms with van der Waals surface area (Å²) in [4.78, 5) is 35.0. The van der Waals surface area contributed by atoms with Crippen LogP contribution in [0.15, 0.2) is 70.6 Å². The molecule has 32 heavy (non-hydrogen) atoms. The summed E-state index contributed by atoms with van der Waals surface area (Å²) in [5, 5.41) is 10.1. The van der Waals surface area contributed by atoms with Crippen molar-refractivity contribution in [1.82, 2.24) is 14.5 Å². The van der Waals surface area contributed by atoms with Gasteiger partial charge >= 0.3 is 11.7 Å². The molecule has 0 saturated carbocycles. The lowest BCUT2D eigenvalue weighted by Gasteiger charge is -2.23. The highest BCUT2D eigenvalue weighted by Gasteiger charge is 2.24. The Bertz CT molecular complexity index is 1460. The number of halogens is 1. The van der Waals surface area contributed by atoms with E-state index in [0.717, 1.165) is 20.0 Å². The summed E-state index contributed by atoms with van der Waals surface area (Å²) in [6.45, 7) is 7.60. The van der Waals surface area contributed by atoms with Crippen LogP contribution in [0.1, 0.15) is 19.4 Å². The molecule has 2 aromatic heterocycles. The lowest BCUT2D eigenvalue weighted by Crippen LogP contribution is -2.39. The smallest absolute Gasteiger partial charge is 0.304 e. The molecule has 0 aliphatic rings. The molecule has 1 amide bonds. The Morgan fingerprint density at radius 1 is 1.31 bits per heavy atom. The van der Waals surface area contributed by atoms with Crippen molar-refractivity contribution in [2.45, 2.75) is 19.3 Å². The number of imidazole rings is 1. The first-order valence-corrected chi connectivity index (χ1v) is 10.7. The largest absolute Gasteiger partial charge is 0.337 e. The number of nitriles is 1. The highest BCUT2D eigenvalue weighted by molar-refractivity contribution is 9.10. The number of aromatic nitrogens is 3. The van der Waals surface area contributed by atoms with Gasteiger partial charge in [-0.15, -0.1) is 6.58 Å². The predicted molar refractivity (Wildman–Crippen MR) is 129 cm³/mol. The van der Waals surface area contributed by atoms with Gasteiger partial charge in [0, 0.05) is 22.1 Å². The molecule has 4 aromatic rings. The van der Waals surface area contributed by atoms with Gasteiger partial charge in [0.05, 0.1) is 34.2 Å². The van der Waals surface area contributed by atoms with Gasteiger partial charge in [0.2, 0.25) is 0 Å². The second kappa shape index (κ2) is 8.09. The molecule has 7 nitrogen and oxygen atoms in total. The molecule has 0 spiro atoms. The molecule has 0 fully saturated rings. The number of anilines is 1. The van der Waals surface area contributed by atoms with Gasteiger partial charge in [-0.1, -0.05) is 34.1 Å². The van der Waals surface area contributed by atoms with Gasteiger partial charge in [-0.05, 0) is 49.7 Å². The second-order valence-corrected chi connectivity index (χ2v) is 8.83. The van der Waals surface area contributed by atoms with E-state index in [2.05, 4.69) is 38.5 Å². The molecule has 2 heterocycles. The van der Waals surface area contributed by atoms with Crippen LogP contribution in [0, 0.1) is 11.3 Å². The number of amides is 1. The number of nitrogens with one attached hydrogen (secondary N) is 1. The highest BCUT2D eigenvalue weighted by Crippen LogP contribution is 2.27. The van der Waals surface area contributed by atoms with Crippen LogP contribution < -0.4 is 10.6 Å². The van der Waals surface area contributed by atoms with E-state index < -0.39 is 17.1 Å². The quantitative estimate of drug-likeness (QED) is 0.403. The Hall–Kier alpha value is -3.70. The Morgan fingerprint density at radius 2 is 2.03 bits per heavy atom. The van der Waals surface area contributed by atoms with E-state index in [9.17, 15) is 14.9 Å². The Morgan fingerprint density at radius 3 is 2.69 bits per heavy atom. The first kappa shape index (κ1) is 21.5. The summed E-state index contributed by atoms with van der Waals surface area (Å²) in [5.41, 5.74) is 1.86. The fourth-order valence-electron chi connectivity index (χ4n) is 3.58. The molecule has 0 radical (unpaired) electrons. The summed E-state index contributed by atoms with van der Waals surface area (Å²) in [7, 11) is 0. The number of fused-ring (bicyclic) bond motifs is 3. The van der Waals surface area contributed by atoms with Gasteiger partial charge in [-0.25, -0.2) is 14.2 Å². The lowest BCUT2D eigenvalue weighted by molar-refractivity contribution is 0.248. The molecular formula is C24H20BrN5O2. The molecule has 4 rings (SSSR count). The van der Waals surface area contributed by atoms with Crippen molar-refractivity contribution in [2.24, 2.45) is 0 Å². The molecule has 0 aliphatic carbocycles. The van der Waals surface area contributed by atoms with Gasteiger partial charge in [-0.3, -0.25) is 9.88 Å². The van der Waals surface area contributed by atoms with Crippen molar-refractivity contribution < 1.29 is 4.79 Å². The van der Waals surface area contributed by atoms with E-state index in [1.54, 1.807) is 18.2 Å². The second-order valence-electron chi connectivity index (χ2n) is 7.91. The van der Waals surface area contributed by atoms with Gasteiger partial charge in [0.1, 0.15) is 0 Å². The first-order valence-electron chi connectivity index (χ1n) is 9.90. The van der Waals surface area contributed by atoms with Crippen molar-refractivity contribution in [3.63, 3.8) is 0 Å². The Kier molecular flexibility index (Phi) is 5.45. The fourth-order valence-corrected chi connectivity index (χ4v) is 3.94. The molecule has 0 atom stereocenters. The number of aromatic amines is 1. The lowest BCUT2D eigenvalue weighted by atomic mass is 9.86. The van der Waals surface area contributed by atoms with Crippen molar-refractivity contribution in [3.05, 3.63) is 81.8 Å². The molecule has 0 bridgehead atoms. The van der Waals surface area contributed by atoms with Gasteiger partial charge in [-0.2, -0.15) is 5.26 Å². The molecule has 0 unspecified atom stereocenters. The standard InChI is InChI=1S/C24H20BrN5O2/c1-4-11-29(17-8-5-15(6-9-17)24(2,3)14-26)23(32)30-20-13-27-19-10-7-16(25)12-18(19)21(20)28-22(30)31/h4-10,12-13H,1,11H2,2-3H3,(H,28,31). The Balaban J connectivity index is 1.82. The average Bonchev–Trinajstić information content (AvgIpc) is 3.13. The number of nitrogens with zero attached hydrogens (tertiary/aromatic N) is 4. The molecule has 8 heteroatoms. The summed E-state index contributed by atoms with van der Waals surface area (Å²) in [6, 6.07) is 14.5. The topological polar surface area (TPSA) is 94.8 Å². The third-order valence-electron chi connectivity index (χ3n) is 5.40. The maximum atomic E-state index is 13.5. The number of hydrogen-bond donors (Lipinski definition) is 1. The average molecular weight is 490 g/mol. The molecule has 2 aromatic carbocycles. The first-order chi connectivity index (χ1) is 15.3. The van der Waals surface area contributed by atoms with Crippen LogP contribution in [0.2, 0.25) is 0 Å². The molecule has 0 aliphatic heterocycles. The fraction of sp³-hybridized carbons (Fsp3) is 0.167. The number of carbonyl (C=O) groups excluding carboxylic acids is 1. The molecular weight excluding hydrogens is 470 g/mol. The van der Waals surface area contributed by atoms with Crippen LogP contribution >= 0.6 is 15.9 Å². The monoisotopic (exact) mass is 489 g/mol. The number of benzene rings is 2. The summed E-state index contributed by atoms with van der Waals surface area (Å²) >= 11 is 3.44. The normalized spacial score (nSPS) is 11.4. The number of H-pyrrole nitrogens is 1. The van der Waals surface area contributed by atoms with Crippen LogP contribution in [-0.4, -0.2) is 27.1 Å². The van der Waals surface area contributed by atoms with E-state index in [1.165, 1.54) is 11.1 Å². The molecule has 1 N–H and O–H groups in total. The zero-order valence-electron chi connectivity index (χ0n) is 17.6. The number of hydrogen-bond acceptors (Lipinski definition) is 4. The summed E-state index contributed by atoms with van der Waals surface area (Å²) in [6.07, 6.45) is 3.11. The Labute approximate surface area is 192 Å². The number of carbonyl (C=O) groups is 1. The van der Waals surface area contributed by atoms with Crippen molar-refractivity contribution in [1.29, 1.82) is 5.26 Å². The van der Waals surface area contributed by atoms with Crippen LogP contribution in [0.4, 0.5) is 10.5 Å². The molecule has 160 valence electrons. The third-order valence-corrected chi connectivity index (χ3v) is 5.89. The van der Waals surface area contributed by atoms with Gasteiger partial charge < -0.3 is 4.98 Å². The maximum Gasteiger partial charge on any atom is 0.337 e. The van der Waals surface area contributed by atoms with E-state index in [4.69, 9.17) is 0 Å². The zero-order valence-corrected chi connectivity index (χ0v) is 19.2. The number of pyridine rings is 1. The van der Waals surface area contributed by atoms with Crippen LogP contribution in [0.3, 0.4) is 0 Å². The highest BCUT2D eigenvalue weighted by atomic mass is 79.9. The minimum absolute atomic E-state index is 0.200.